The van der Waals surface area contributed by atoms with E-state index in [-0.39, 0.29) is 16.7 Å². The predicted octanol–water partition coefficient (Wildman–Crippen LogP) is 3.65. The third-order valence-electron chi connectivity index (χ3n) is 5.73. The fourth-order valence-corrected chi connectivity index (χ4v) is 6.09. The van der Waals surface area contributed by atoms with Gasteiger partial charge < -0.3 is 5.32 Å². The smallest absolute Gasteiger partial charge is 0.233 e. The van der Waals surface area contributed by atoms with Crippen molar-refractivity contribution in [1.82, 2.24) is 10.3 Å². The highest BCUT2D eigenvalue weighted by molar-refractivity contribution is 8.00. The molecule has 0 radical (unpaired) electrons. The van der Waals surface area contributed by atoms with Gasteiger partial charge in [-0.2, -0.15) is 0 Å². The van der Waals surface area contributed by atoms with Crippen LogP contribution in [0.15, 0.2) is 29.4 Å². The van der Waals surface area contributed by atoms with Crippen molar-refractivity contribution in [3.05, 3.63) is 24.4 Å². The SMILES string of the molecule is CC(Sc1ccccn1)C(=O)NC12CC3CC(CC(C3)C1)C2. The van der Waals surface area contributed by atoms with Crippen LogP contribution in [0.3, 0.4) is 0 Å². The number of pyridine rings is 1. The molecule has 0 spiro atoms. The number of hydrogen-bond donors (Lipinski definition) is 1. The Balaban J connectivity index is 1.41. The number of nitrogens with one attached hydrogen (secondary N) is 1. The summed E-state index contributed by atoms with van der Waals surface area (Å²) in [6, 6.07) is 5.85. The molecule has 0 aromatic carbocycles. The van der Waals surface area contributed by atoms with Crippen LogP contribution >= 0.6 is 11.8 Å². The van der Waals surface area contributed by atoms with E-state index in [2.05, 4.69) is 10.3 Å². The Morgan fingerprint density at radius 2 is 1.86 bits per heavy atom. The molecule has 1 heterocycles. The Morgan fingerprint density at radius 1 is 1.23 bits per heavy atom. The Kier molecular flexibility index (Phi) is 3.67. The summed E-state index contributed by atoms with van der Waals surface area (Å²) < 4.78 is 0. The normalized spacial score (nSPS) is 37.0. The third kappa shape index (κ3) is 2.78. The van der Waals surface area contributed by atoms with Crippen LogP contribution in [0.1, 0.15) is 45.4 Å². The molecule has 0 aliphatic heterocycles. The average Bonchev–Trinajstić information content (AvgIpc) is 2.46. The highest BCUT2D eigenvalue weighted by atomic mass is 32.2. The molecule has 4 aliphatic rings. The second kappa shape index (κ2) is 5.55. The van der Waals surface area contributed by atoms with Gasteiger partial charge in [0.25, 0.3) is 0 Å². The average molecular weight is 316 g/mol. The minimum atomic E-state index is -0.0806. The van der Waals surface area contributed by atoms with E-state index in [4.69, 9.17) is 0 Å². The summed E-state index contributed by atoms with van der Waals surface area (Å²) >= 11 is 1.56. The van der Waals surface area contributed by atoms with Crippen LogP contribution in [-0.4, -0.2) is 21.7 Å². The molecule has 4 heteroatoms. The van der Waals surface area contributed by atoms with Gasteiger partial charge in [0, 0.05) is 11.7 Å². The van der Waals surface area contributed by atoms with Crippen molar-refractivity contribution in [1.29, 1.82) is 0 Å². The fourth-order valence-electron chi connectivity index (χ4n) is 5.28. The molecule has 5 rings (SSSR count). The first-order valence-corrected chi connectivity index (χ1v) is 9.40. The van der Waals surface area contributed by atoms with E-state index < -0.39 is 0 Å². The van der Waals surface area contributed by atoms with Gasteiger partial charge in [-0.3, -0.25) is 4.79 Å². The highest BCUT2D eigenvalue weighted by Crippen LogP contribution is 2.55. The molecule has 1 atom stereocenters. The van der Waals surface area contributed by atoms with Gasteiger partial charge in [0.2, 0.25) is 5.91 Å². The lowest BCUT2D eigenvalue weighted by Gasteiger charge is -2.57. The van der Waals surface area contributed by atoms with Gasteiger partial charge in [0.15, 0.2) is 0 Å². The van der Waals surface area contributed by atoms with E-state index in [1.807, 2.05) is 25.1 Å². The molecule has 4 bridgehead atoms. The number of rotatable bonds is 4. The number of carbonyl (C=O) groups excluding carboxylic acids is 1. The van der Waals surface area contributed by atoms with E-state index in [1.165, 1.54) is 38.5 Å². The number of carbonyl (C=O) groups is 1. The maximum Gasteiger partial charge on any atom is 0.233 e. The molecule has 1 unspecified atom stereocenters. The molecule has 4 saturated carbocycles. The standard InChI is InChI=1S/C18H24N2OS/c1-12(22-16-4-2-3-5-19-16)17(21)20-18-9-13-6-14(10-18)8-15(7-13)11-18/h2-5,12-15H,6-11H2,1H3,(H,20,21). The Hall–Kier alpha value is -1.03. The van der Waals surface area contributed by atoms with Crippen LogP contribution in [0.25, 0.3) is 0 Å². The van der Waals surface area contributed by atoms with Crippen molar-refractivity contribution in [3.63, 3.8) is 0 Å². The molecule has 118 valence electrons. The number of hydrogen-bond acceptors (Lipinski definition) is 3. The summed E-state index contributed by atoms with van der Waals surface area (Å²) in [7, 11) is 0. The summed E-state index contributed by atoms with van der Waals surface area (Å²) in [6.45, 7) is 2.00. The zero-order valence-corrected chi connectivity index (χ0v) is 13.9. The van der Waals surface area contributed by atoms with Crippen LogP contribution < -0.4 is 5.32 Å². The van der Waals surface area contributed by atoms with Crippen LogP contribution in [0, 0.1) is 17.8 Å². The Labute approximate surface area is 136 Å². The molecule has 1 amide bonds. The molecular weight excluding hydrogens is 292 g/mol. The molecule has 4 aliphatic carbocycles. The minimum absolute atomic E-state index is 0.0806. The van der Waals surface area contributed by atoms with Crippen molar-refractivity contribution in [2.24, 2.45) is 17.8 Å². The molecule has 1 aromatic rings. The molecule has 1 N–H and O–H groups in total. The van der Waals surface area contributed by atoms with Crippen molar-refractivity contribution >= 4 is 17.7 Å². The maximum atomic E-state index is 12.7. The van der Waals surface area contributed by atoms with Gasteiger partial charge in [-0.05, 0) is 75.3 Å². The van der Waals surface area contributed by atoms with E-state index in [0.29, 0.717) is 0 Å². The first kappa shape index (κ1) is 14.6. The van der Waals surface area contributed by atoms with E-state index >= 15 is 0 Å². The van der Waals surface area contributed by atoms with Gasteiger partial charge in [-0.25, -0.2) is 4.98 Å². The van der Waals surface area contributed by atoms with Crippen LogP contribution in [0.2, 0.25) is 0 Å². The highest BCUT2D eigenvalue weighted by Gasteiger charge is 2.51. The summed E-state index contributed by atoms with van der Waals surface area (Å²) in [5, 5.41) is 4.30. The van der Waals surface area contributed by atoms with Gasteiger partial charge in [-0.15, -0.1) is 0 Å². The van der Waals surface area contributed by atoms with Gasteiger partial charge >= 0.3 is 0 Å². The Bertz CT molecular complexity index is 524. The van der Waals surface area contributed by atoms with Crippen LogP contribution in [0.4, 0.5) is 0 Å². The minimum Gasteiger partial charge on any atom is -0.350 e. The van der Waals surface area contributed by atoms with Crippen molar-refractivity contribution in [2.45, 2.75) is 61.3 Å². The number of amides is 1. The summed E-state index contributed by atoms with van der Waals surface area (Å²) in [5.41, 5.74) is 0.116. The predicted molar refractivity (Wildman–Crippen MR) is 88.6 cm³/mol. The van der Waals surface area contributed by atoms with E-state index in [0.717, 1.165) is 22.8 Å². The van der Waals surface area contributed by atoms with Crippen LogP contribution in [0.5, 0.6) is 0 Å². The molecule has 3 nitrogen and oxygen atoms in total. The lowest BCUT2D eigenvalue weighted by atomic mass is 9.53. The first-order chi connectivity index (χ1) is 10.6. The first-order valence-electron chi connectivity index (χ1n) is 8.52. The number of nitrogens with zero attached hydrogens (tertiary/aromatic N) is 1. The zero-order valence-electron chi connectivity index (χ0n) is 13.1. The van der Waals surface area contributed by atoms with Gasteiger partial charge in [0.1, 0.15) is 0 Å². The lowest BCUT2D eigenvalue weighted by Crippen LogP contribution is -2.60. The zero-order chi connectivity index (χ0) is 15.2. The molecule has 22 heavy (non-hydrogen) atoms. The van der Waals surface area contributed by atoms with Crippen molar-refractivity contribution < 1.29 is 4.79 Å². The summed E-state index contributed by atoms with van der Waals surface area (Å²) in [4.78, 5) is 17.0. The molecule has 4 fully saturated rings. The maximum absolute atomic E-state index is 12.7. The van der Waals surface area contributed by atoms with Gasteiger partial charge in [0.05, 0.1) is 10.3 Å². The Morgan fingerprint density at radius 3 is 2.41 bits per heavy atom. The molecule has 1 aromatic heterocycles. The molecular formula is C18H24N2OS. The topological polar surface area (TPSA) is 42.0 Å². The number of thioether (sulfide) groups is 1. The second-order valence-electron chi connectivity index (χ2n) is 7.62. The summed E-state index contributed by atoms with van der Waals surface area (Å²) in [5.74, 6) is 2.79. The van der Waals surface area contributed by atoms with Crippen molar-refractivity contribution in [2.75, 3.05) is 0 Å². The largest absolute Gasteiger partial charge is 0.350 e. The fraction of sp³-hybridized carbons (Fsp3) is 0.667. The quantitative estimate of drug-likeness (QED) is 0.862. The second-order valence-corrected chi connectivity index (χ2v) is 8.98. The van der Waals surface area contributed by atoms with Crippen molar-refractivity contribution in [3.8, 4) is 0 Å². The van der Waals surface area contributed by atoms with Crippen LogP contribution in [-0.2, 0) is 4.79 Å². The van der Waals surface area contributed by atoms with E-state index in [1.54, 1.807) is 18.0 Å². The molecule has 0 saturated heterocycles. The van der Waals surface area contributed by atoms with Gasteiger partial charge in [-0.1, -0.05) is 17.8 Å². The lowest BCUT2D eigenvalue weighted by molar-refractivity contribution is -0.126. The monoisotopic (exact) mass is 316 g/mol. The third-order valence-corrected chi connectivity index (χ3v) is 6.78. The summed E-state index contributed by atoms with van der Waals surface area (Å²) in [6.07, 6.45) is 9.66. The number of aromatic nitrogens is 1. The van der Waals surface area contributed by atoms with E-state index in [9.17, 15) is 4.79 Å².